The Hall–Kier alpha value is -2.66. The first-order chi connectivity index (χ1) is 14.8. The zero-order valence-corrected chi connectivity index (χ0v) is 19.7. The van der Waals surface area contributed by atoms with Crippen LogP contribution in [0.15, 0.2) is 53.9 Å². The van der Waals surface area contributed by atoms with Gasteiger partial charge in [0.25, 0.3) is 0 Å². The largest absolute Gasteiger partial charge is 0.494 e. The topological polar surface area (TPSA) is 51.2 Å². The fourth-order valence-electron chi connectivity index (χ4n) is 3.25. The number of nitrogens with zero attached hydrogens (tertiary/aromatic N) is 1. The van der Waals surface area contributed by atoms with E-state index in [0.717, 1.165) is 28.4 Å². The molecular weight excluding hydrogens is 404 g/mol. The number of carbonyl (C=O) groups excluding carboxylic acids is 1. The van der Waals surface area contributed by atoms with E-state index in [0.29, 0.717) is 26.0 Å². The fourth-order valence-corrected chi connectivity index (χ4v) is 3.87. The van der Waals surface area contributed by atoms with E-state index < -0.39 is 0 Å². The number of aromatic nitrogens is 1. The van der Waals surface area contributed by atoms with Gasteiger partial charge in [0.05, 0.1) is 17.3 Å². The minimum Gasteiger partial charge on any atom is -0.494 e. The molecule has 0 saturated carbocycles. The lowest BCUT2D eigenvalue weighted by Gasteiger charge is -2.19. The second kappa shape index (κ2) is 10.6. The molecule has 5 heteroatoms. The van der Waals surface area contributed by atoms with Crippen molar-refractivity contribution in [2.24, 2.45) is 0 Å². The van der Waals surface area contributed by atoms with E-state index >= 15 is 0 Å². The van der Waals surface area contributed by atoms with Crippen LogP contribution in [-0.4, -0.2) is 24.0 Å². The predicted molar refractivity (Wildman–Crippen MR) is 129 cm³/mol. The second-order valence-corrected chi connectivity index (χ2v) is 9.84. The summed E-state index contributed by atoms with van der Waals surface area (Å²) in [6, 6.07) is 16.6. The van der Waals surface area contributed by atoms with Crippen LogP contribution in [0.2, 0.25) is 0 Å². The van der Waals surface area contributed by atoms with Crippen molar-refractivity contribution >= 4 is 17.2 Å². The van der Waals surface area contributed by atoms with Gasteiger partial charge in [-0.25, -0.2) is 4.98 Å². The van der Waals surface area contributed by atoms with E-state index in [1.807, 2.05) is 19.1 Å². The van der Waals surface area contributed by atoms with Gasteiger partial charge < -0.3 is 10.1 Å². The number of ether oxygens (including phenoxy) is 1. The maximum atomic E-state index is 12.1. The third kappa shape index (κ3) is 7.21. The van der Waals surface area contributed by atoms with E-state index in [1.165, 1.54) is 11.1 Å². The average molecular weight is 437 g/mol. The molecule has 0 fully saturated rings. The van der Waals surface area contributed by atoms with Crippen LogP contribution in [0, 0.1) is 6.92 Å². The zero-order valence-electron chi connectivity index (χ0n) is 18.9. The van der Waals surface area contributed by atoms with Gasteiger partial charge in [0.1, 0.15) is 5.75 Å². The third-order valence-corrected chi connectivity index (χ3v) is 5.92. The van der Waals surface area contributed by atoms with Crippen LogP contribution in [-0.2, 0) is 16.6 Å². The molecule has 1 aromatic heterocycles. The predicted octanol–water partition coefficient (Wildman–Crippen LogP) is 5.93. The minimum atomic E-state index is 0.0706. The molecule has 31 heavy (non-hydrogen) atoms. The molecule has 0 radical (unpaired) electrons. The summed E-state index contributed by atoms with van der Waals surface area (Å²) in [7, 11) is 0. The molecule has 2 aromatic carbocycles. The number of rotatable bonds is 9. The standard InChI is InChI=1S/C26H32N2O2S/c1-19-28-24(18-31-19)21-9-7-20(8-10-21)15-16-27-25(29)6-5-17-30-23-13-11-22(12-14-23)26(2,3)4/h7-14,18H,5-6,15-17H2,1-4H3,(H,27,29). The Balaban J connectivity index is 1.31. The Labute approximate surface area is 189 Å². The average Bonchev–Trinajstić information content (AvgIpc) is 3.18. The summed E-state index contributed by atoms with van der Waals surface area (Å²) >= 11 is 1.66. The highest BCUT2D eigenvalue weighted by Crippen LogP contribution is 2.24. The fraction of sp³-hybridized carbons (Fsp3) is 0.385. The van der Waals surface area contributed by atoms with Gasteiger partial charge >= 0.3 is 0 Å². The first-order valence-corrected chi connectivity index (χ1v) is 11.7. The van der Waals surface area contributed by atoms with E-state index in [9.17, 15) is 4.79 Å². The summed E-state index contributed by atoms with van der Waals surface area (Å²) < 4.78 is 5.76. The van der Waals surface area contributed by atoms with Crippen molar-refractivity contribution in [3.8, 4) is 17.0 Å². The van der Waals surface area contributed by atoms with Gasteiger partial charge in [-0.2, -0.15) is 0 Å². The van der Waals surface area contributed by atoms with Crippen molar-refractivity contribution in [2.75, 3.05) is 13.2 Å². The van der Waals surface area contributed by atoms with Crippen molar-refractivity contribution in [1.29, 1.82) is 0 Å². The van der Waals surface area contributed by atoms with Crippen molar-refractivity contribution < 1.29 is 9.53 Å². The van der Waals surface area contributed by atoms with E-state index in [4.69, 9.17) is 4.74 Å². The maximum Gasteiger partial charge on any atom is 0.220 e. The molecule has 0 bridgehead atoms. The summed E-state index contributed by atoms with van der Waals surface area (Å²) in [5.74, 6) is 0.922. The number of amides is 1. The van der Waals surface area contributed by atoms with Crippen molar-refractivity contribution in [2.45, 2.75) is 52.4 Å². The van der Waals surface area contributed by atoms with Crippen LogP contribution in [0.5, 0.6) is 5.75 Å². The summed E-state index contributed by atoms with van der Waals surface area (Å²) in [6.45, 7) is 9.78. The van der Waals surface area contributed by atoms with Gasteiger partial charge in [-0.1, -0.05) is 57.2 Å². The summed E-state index contributed by atoms with van der Waals surface area (Å²) in [4.78, 5) is 16.6. The molecule has 0 aliphatic rings. The van der Waals surface area contributed by atoms with E-state index in [-0.39, 0.29) is 11.3 Å². The number of hydrogen-bond donors (Lipinski definition) is 1. The second-order valence-electron chi connectivity index (χ2n) is 8.78. The highest BCUT2D eigenvalue weighted by atomic mass is 32.1. The number of hydrogen-bond acceptors (Lipinski definition) is 4. The van der Waals surface area contributed by atoms with Crippen molar-refractivity contribution in [3.63, 3.8) is 0 Å². The Morgan fingerprint density at radius 2 is 1.77 bits per heavy atom. The van der Waals surface area contributed by atoms with Gasteiger partial charge in [0.15, 0.2) is 0 Å². The molecule has 164 valence electrons. The lowest BCUT2D eigenvalue weighted by atomic mass is 9.87. The number of thiazole rings is 1. The molecule has 0 spiro atoms. The Kier molecular flexibility index (Phi) is 7.85. The van der Waals surface area contributed by atoms with Gasteiger partial charge in [-0.05, 0) is 48.4 Å². The van der Waals surface area contributed by atoms with Gasteiger partial charge in [-0.3, -0.25) is 4.79 Å². The Bertz CT molecular complexity index is 970. The summed E-state index contributed by atoms with van der Waals surface area (Å²) in [6.07, 6.45) is 2.00. The molecular formula is C26H32N2O2S. The first kappa shape index (κ1) is 23.0. The molecule has 1 amide bonds. The van der Waals surface area contributed by atoms with Gasteiger partial charge in [0.2, 0.25) is 5.91 Å². The van der Waals surface area contributed by atoms with Crippen LogP contribution >= 0.6 is 11.3 Å². The SMILES string of the molecule is Cc1nc(-c2ccc(CCNC(=O)CCCOc3ccc(C(C)(C)C)cc3)cc2)cs1. The van der Waals surface area contributed by atoms with Gasteiger partial charge in [0, 0.05) is 23.9 Å². The third-order valence-electron chi connectivity index (χ3n) is 5.14. The quantitative estimate of drug-likeness (QED) is 0.423. The van der Waals surface area contributed by atoms with Gasteiger partial charge in [-0.15, -0.1) is 11.3 Å². The number of nitrogens with one attached hydrogen (secondary N) is 1. The Morgan fingerprint density at radius 1 is 1.06 bits per heavy atom. The zero-order chi connectivity index (χ0) is 22.3. The summed E-state index contributed by atoms with van der Waals surface area (Å²) in [5, 5.41) is 6.15. The number of benzene rings is 2. The summed E-state index contributed by atoms with van der Waals surface area (Å²) in [5.41, 5.74) is 4.78. The van der Waals surface area contributed by atoms with Crippen LogP contribution in [0.25, 0.3) is 11.3 Å². The van der Waals surface area contributed by atoms with E-state index in [2.05, 4.69) is 72.9 Å². The maximum absolute atomic E-state index is 12.1. The van der Waals surface area contributed by atoms with E-state index in [1.54, 1.807) is 11.3 Å². The van der Waals surface area contributed by atoms with Crippen LogP contribution in [0.3, 0.4) is 0 Å². The molecule has 3 aromatic rings. The molecule has 3 rings (SSSR count). The molecule has 1 N–H and O–H groups in total. The van der Waals surface area contributed by atoms with Crippen LogP contribution < -0.4 is 10.1 Å². The minimum absolute atomic E-state index is 0.0706. The molecule has 0 atom stereocenters. The molecule has 0 aliphatic carbocycles. The monoisotopic (exact) mass is 436 g/mol. The first-order valence-electron chi connectivity index (χ1n) is 10.8. The number of aryl methyl sites for hydroxylation is 1. The lowest BCUT2D eigenvalue weighted by molar-refractivity contribution is -0.121. The smallest absolute Gasteiger partial charge is 0.220 e. The molecule has 1 heterocycles. The highest BCUT2D eigenvalue weighted by Gasteiger charge is 2.13. The molecule has 0 aliphatic heterocycles. The molecule has 0 saturated heterocycles. The van der Waals surface area contributed by atoms with Crippen LogP contribution in [0.1, 0.15) is 49.7 Å². The van der Waals surface area contributed by atoms with Crippen molar-refractivity contribution in [1.82, 2.24) is 10.3 Å². The molecule has 0 unspecified atom stereocenters. The lowest BCUT2D eigenvalue weighted by Crippen LogP contribution is -2.25. The highest BCUT2D eigenvalue weighted by molar-refractivity contribution is 7.09. The van der Waals surface area contributed by atoms with Crippen LogP contribution in [0.4, 0.5) is 0 Å². The normalized spacial score (nSPS) is 11.4. The Morgan fingerprint density at radius 3 is 2.39 bits per heavy atom. The number of carbonyl (C=O) groups is 1. The van der Waals surface area contributed by atoms with Crippen molar-refractivity contribution in [3.05, 3.63) is 70.0 Å². The molecule has 4 nitrogen and oxygen atoms in total.